The van der Waals surface area contributed by atoms with Crippen molar-refractivity contribution < 1.29 is 27.2 Å². The first-order chi connectivity index (χ1) is 13.8. The van der Waals surface area contributed by atoms with Crippen LogP contribution in [0.2, 0.25) is 0 Å². The molecular formula is C18H20FN3O6S. The van der Waals surface area contributed by atoms with Gasteiger partial charge in [-0.25, -0.2) is 9.22 Å². The highest BCUT2D eigenvalue weighted by atomic mass is 32.2. The molecule has 0 amide bonds. The Labute approximate surface area is 167 Å². The van der Waals surface area contributed by atoms with Crippen LogP contribution in [0.3, 0.4) is 0 Å². The van der Waals surface area contributed by atoms with Crippen LogP contribution in [0.25, 0.3) is 0 Å². The summed E-state index contributed by atoms with van der Waals surface area (Å²) in [5.41, 5.74) is -0.110. The summed E-state index contributed by atoms with van der Waals surface area (Å²) < 4.78 is 47.9. The molecular weight excluding hydrogens is 405 g/mol. The van der Waals surface area contributed by atoms with E-state index in [4.69, 9.17) is 9.47 Å². The molecule has 0 aromatic heterocycles. The van der Waals surface area contributed by atoms with E-state index in [2.05, 4.69) is 5.10 Å². The number of halogens is 1. The number of rotatable bonds is 10. The molecule has 0 fully saturated rings. The van der Waals surface area contributed by atoms with E-state index in [-0.39, 0.29) is 27.6 Å². The zero-order valence-corrected chi connectivity index (χ0v) is 16.6. The normalized spacial score (nSPS) is 11.4. The summed E-state index contributed by atoms with van der Waals surface area (Å²) in [7, 11) is -2.68. The fraction of sp³-hybridized carbons (Fsp3) is 0.278. The third-order valence-corrected chi connectivity index (χ3v) is 4.97. The van der Waals surface area contributed by atoms with Gasteiger partial charge in [0, 0.05) is 11.6 Å². The number of hydrogen-bond donors (Lipinski definition) is 1. The molecule has 2 rings (SSSR count). The molecule has 1 N–H and O–H groups in total. The lowest BCUT2D eigenvalue weighted by Crippen LogP contribution is -2.18. The minimum absolute atomic E-state index is 0.00464. The Morgan fingerprint density at radius 2 is 1.97 bits per heavy atom. The first-order valence-electron chi connectivity index (χ1n) is 8.58. The number of ether oxygens (including phenoxy) is 2. The number of nitrogens with one attached hydrogen (secondary N) is 1. The molecule has 29 heavy (non-hydrogen) atoms. The van der Waals surface area contributed by atoms with E-state index < -0.39 is 20.8 Å². The molecule has 0 spiro atoms. The Morgan fingerprint density at radius 3 is 2.55 bits per heavy atom. The van der Waals surface area contributed by atoms with Crippen molar-refractivity contribution in [2.24, 2.45) is 5.10 Å². The standard InChI is InChI=1S/C18H20FN3O6S/c1-3-4-9-28-18-16(22(23)24)10-13(11-17(18)27-2)12-20-21-29(25,26)15-7-5-14(19)6-8-15/h5-8,10-12,21H,3-4,9H2,1-2H3/b20-12+. The van der Waals surface area contributed by atoms with Crippen molar-refractivity contribution >= 4 is 21.9 Å². The van der Waals surface area contributed by atoms with E-state index in [1.807, 2.05) is 11.8 Å². The largest absolute Gasteiger partial charge is 0.493 e. The number of hydrogen-bond acceptors (Lipinski definition) is 7. The first-order valence-corrected chi connectivity index (χ1v) is 10.1. The molecule has 0 unspecified atom stereocenters. The van der Waals surface area contributed by atoms with Crippen molar-refractivity contribution in [2.45, 2.75) is 24.7 Å². The quantitative estimate of drug-likeness (QED) is 0.270. The van der Waals surface area contributed by atoms with Gasteiger partial charge in [-0.1, -0.05) is 13.3 Å². The molecule has 0 aliphatic carbocycles. The lowest BCUT2D eigenvalue weighted by Gasteiger charge is -2.11. The van der Waals surface area contributed by atoms with Crippen LogP contribution in [0.1, 0.15) is 25.3 Å². The summed E-state index contributed by atoms with van der Waals surface area (Å²) in [6, 6.07) is 6.81. The third-order valence-electron chi connectivity index (χ3n) is 3.73. The van der Waals surface area contributed by atoms with Gasteiger partial charge in [0.15, 0.2) is 5.75 Å². The van der Waals surface area contributed by atoms with Crippen molar-refractivity contribution in [3.63, 3.8) is 0 Å². The Morgan fingerprint density at radius 1 is 1.28 bits per heavy atom. The second kappa shape index (κ2) is 9.82. The van der Waals surface area contributed by atoms with E-state index in [1.165, 1.54) is 19.2 Å². The summed E-state index contributed by atoms with van der Waals surface area (Å²) in [6.07, 6.45) is 2.66. The predicted molar refractivity (Wildman–Crippen MR) is 104 cm³/mol. The second-order valence-corrected chi connectivity index (χ2v) is 7.50. The molecule has 0 saturated heterocycles. The van der Waals surface area contributed by atoms with E-state index in [0.717, 1.165) is 36.9 Å². The highest BCUT2D eigenvalue weighted by molar-refractivity contribution is 7.89. The van der Waals surface area contributed by atoms with Crippen LogP contribution in [0, 0.1) is 15.9 Å². The Bertz CT molecular complexity index is 993. The number of benzene rings is 2. The van der Waals surface area contributed by atoms with Gasteiger partial charge in [-0.15, -0.1) is 0 Å². The molecule has 0 radical (unpaired) electrons. The van der Waals surface area contributed by atoms with Crippen LogP contribution in [0.5, 0.6) is 11.5 Å². The van der Waals surface area contributed by atoms with E-state index in [0.29, 0.717) is 13.0 Å². The van der Waals surface area contributed by atoms with E-state index in [1.54, 1.807) is 0 Å². The lowest BCUT2D eigenvalue weighted by molar-refractivity contribution is -0.386. The third kappa shape index (κ3) is 5.88. The maximum absolute atomic E-state index is 12.9. The number of unbranched alkanes of at least 4 members (excludes halogenated alkanes) is 1. The van der Waals surface area contributed by atoms with E-state index >= 15 is 0 Å². The average Bonchev–Trinajstić information content (AvgIpc) is 2.68. The molecule has 0 bridgehead atoms. The topological polar surface area (TPSA) is 120 Å². The lowest BCUT2D eigenvalue weighted by atomic mass is 10.2. The Kier molecular flexibility index (Phi) is 7.48. The van der Waals surface area contributed by atoms with Crippen LogP contribution in [-0.2, 0) is 10.0 Å². The van der Waals surface area contributed by atoms with Gasteiger partial charge in [0.2, 0.25) is 5.75 Å². The van der Waals surface area contributed by atoms with Gasteiger partial charge in [0.05, 0.1) is 29.8 Å². The maximum atomic E-state index is 12.9. The van der Waals surface area contributed by atoms with Crippen LogP contribution in [0.15, 0.2) is 46.4 Å². The number of sulfonamides is 1. The van der Waals surface area contributed by atoms with Crippen LogP contribution < -0.4 is 14.3 Å². The Balaban J connectivity index is 2.26. The summed E-state index contributed by atoms with van der Waals surface area (Å²) >= 11 is 0. The molecule has 0 saturated carbocycles. The monoisotopic (exact) mass is 425 g/mol. The minimum Gasteiger partial charge on any atom is -0.493 e. The molecule has 9 nitrogen and oxygen atoms in total. The van der Waals surface area contributed by atoms with Crippen LogP contribution in [-0.4, -0.2) is 33.3 Å². The number of hydrazone groups is 1. The van der Waals surface area contributed by atoms with Crippen LogP contribution in [0.4, 0.5) is 10.1 Å². The highest BCUT2D eigenvalue weighted by Crippen LogP contribution is 2.38. The average molecular weight is 425 g/mol. The van der Waals surface area contributed by atoms with Gasteiger partial charge >= 0.3 is 5.69 Å². The molecule has 156 valence electrons. The molecule has 0 aliphatic heterocycles. The van der Waals surface area contributed by atoms with Crippen molar-refractivity contribution in [1.29, 1.82) is 0 Å². The summed E-state index contributed by atoms with van der Waals surface area (Å²) in [4.78, 5) is 12.6. The zero-order chi connectivity index (χ0) is 21.4. The van der Waals surface area contributed by atoms with Gasteiger partial charge in [0.25, 0.3) is 10.0 Å². The predicted octanol–water partition coefficient (Wildman–Crippen LogP) is 3.23. The highest BCUT2D eigenvalue weighted by Gasteiger charge is 2.22. The first kappa shape index (κ1) is 22.1. The maximum Gasteiger partial charge on any atom is 0.315 e. The molecule has 0 heterocycles. The van der Waals surface area contributed by atoms with Gasteiger partial charge in [-0.05, 0) is 36.8 Å². The molecule has 0 atom stereocenters. The van der Waals surface area contributed by atoms with Crippen molar-refractivity contribution in [3.8, 4) is 11.5 Å². The second-order valence-electron chi connectivity index (χ2n) is 5.84. The van der Waals surface area contributed by atoms with Gasteiger partial charge in [-0.2, -0.15) is 13.5 Å². The fourth-order valence-corrected chi connectivity index (χ4v) is 3.06. The summed E-state index contributed by atoms with van der Waals surface area (Å²) in [5.74, 6) is -0.457. The number of nitro groups is 1. The summed E-state index contributed by atoms with van der Waals surface area (Å²) in [5, 5.41) is 15.0. The summed E-state index contributed by atoms with van der Waals surface area (Å²) in [6.45, 7) is 2.25. The number of methoxy groups -OCH3 is 1. The van der Waals surface area contributed by atoms with Crippen molar-refractivity contribution in [1.82, 2.24) is 4.83 Å². The Hall–Kier alpha value is -3.21. The smallest absolute Gasteiger partial charge is 0.315 e. The van der Waals surface area contributed by atoms with Crippen molar-refractivity contribution in [3.05, 3.63) is 57.9 Å². The van der Waals surface area contributed by atoms with Crippen molar-refractivity contribution in [2.75, 3.05) is 13.7 Å². The number of nitro benzene ring substituents is 1. The van der Waals surface area contributed by atoms with Gasteiger partial charge in [0.1, 0.15) is 5.82 Å². The van der Waals surface area contributed by atoms with Gasteiger partial charge < -0.3 is 9.47 Å². The molecule has 2 aromatic carbocycles. The zero-order valence-electron chi connectivity index (χ0n) is 15.8. The fourth-order valence-electron chi connectivity index (χ4n) is 2.27. The minimum atomic E-state index is -4.02. The SMILES string of the molecule is CCCCOc1c(OC)cc(/C=N/NS(=O)(=O)c2ccc(F)cc2)cc1[N+](=O)[O-]. The molecule has 11 heteroatoms. The molecule has 2 aromatic rings. The van der Waals surface area contributed by atoms with E-state index in [9.17, 15) is 22.9 Å². The van der Waals surface area contributed by atoms with Gasteiger partial charge in [-0.3, -0.25) is 10.1 Å². The molecule has 0 aliphatic rings. The van der Waals surface area contributed by atoms with Crippen LogP contribution >= 0.6 is 0 Å². The number of nitrogens with zero attached hydrogens (tertiary/aromatic N) is 2.